The maximum atomic E-state index is 5.52. The van der Waals surface area contributed by atoms with Crippen molar-refractivity contribution in [2.45, 2.75) is 27.7 Å². The average molecular weight is 153 g/mol. The molecule has 0 saturated heterocycles. The molecule has 0 spiro atoms. The molecule has 0 heterocycles. The fourth-order valence-corrected chi connectivity index (χ4v) is 0.694. The fourth-order valence-electron chi connectivity index (χ4n) is 0.694. The van der Waals surface area contributed by atoms with E-state index in [1.54, 1.807) is 0 Å². The highest BCUT2D eigenvalue weighted by molar-refractivity contribution is 5.23. The summed E-state index contributed by atoms with van der Waals surface area (Å²) in [7, 11) is 0. The summed E-state index contributed by atoms with van der Waals surface area (Å²) in [5.41, 5.74) is 7.30. The zero-order valence-electron chi connectivity index (χ0n) is 8.02. The van der Waals surface area contributed by atoms with Crippen LogP contribution in [0.15, 0.2) is 23.9 Å². The minimum Gasteiger partial charge on any atom is -0.399 e. The van der Waals surface area contributed by atoms with Gasteiger partial charge in [-0.3, -0.25) is 0 Å². The SMILES string of the molecule is C=C(N)/C(C)=C\C(C)C(C)C. The predicted molar refractivity (Wildman–Crippen MR) is 51.1 cm³/mol. The Hall–Kier alpha value is -0.720. The van der Waals surface area contributed by atoms with Crippen molar-refractivity contribution in [2.24, 2.45) is 17.6 Å². The molecule has 0 aromatic carbocycles. The highest BCUT2D eigenvalue weighted by Crippen LogP contribution is 2.14. The van der Waals surface area contributed by atoms with E-state index in [0.29, 0.717) is 17.5 Å². The molecule has 1 atom stereocenters. The molecule has 0 aliphatic heterocycles. The van der Waals surface area contributed by atoms with Crippen LogP contribution in [0.4, 0.5) is 0 Å². The molecule has 1 heteroatoms. The monoisotopic (exact) mass is 153 g/mol. The van der Waals surface area contributed by atoms with Crippen LogP contribution in [-0.2, 0) is 0 Å². The van der Waals surface area contributed by atoms with Crippen molar-refractivity contribution in [1.29, 1.82) is 0 Å². The number of allylic oxidation sites excluding steroid dienone is 2. The zero-order valence-corrected chi connectivity index (χ0v) is 8.02. The molecule has 0 amide bonds. The van der Waals surface area contributed by atoms with Crippen LogP contribution in [0.25, 0.3) is 0 Å². The molecular weight excluding hydrogens is 134 g/mol. The van der Waals surface area contributed by atoms with Crippen LogP contribution in [0.3, 0.4) is 0 Å². The highest BCUT2D eigenvalue weighted by Gasteiger charge is 2.03. The van der Waals surface area contributed by atoms with Gasteiger partial charge in [-0.1, -0.05) is 33.4 Å². The summed E-state index contributed by atoms with van der Waals surface area (Å²) in [6, 6.07) is 0. The molecule has 0 aromatic heterocycles. The second-order valence-corrected chi connectivity index (χ2v) is 3.48. The van der Waals surface area contributed by atoms with Gasteiger partial charge in [-0.25, -0.2) is 0 Å². The summed E-state index contributed by atoms with van der Waals surface area (Å²) < 4.78 is 0. The Morgan fingerprint density at radius 3 is 2.09 bits per heavy atom. The van der Waals surface area contributed by atoms with Crippen molar-refractivity contribution in [3.05, 3.63) is 23.9 Å². The molecule has 0 saturated carbocycles. The number of rotatable bonds is 3. The van der Waals surface area contributed by atoms with Crippen molar-refractivity contribution in [1.82, 2.24) is 0 Å². The first kappa shape index (κ1) is 10.3. The minimum absolute atomic E-state index is 0.579. The lowest BCUT2D eigenvalue weighted by Gasteiger charge is -2.11. The molecular formula is C10H19N. The predicted octanol–water partition coefficient (Wildman–Crippen LogP) is 2.70. The van der Waals surface area contributed by atoms with Crippen LogP contribution in [-0.4, -0.2) is 0 Å². The molecule has 0 aromatic rings. The maximum absolute atomic E-state index is 5.52. The Kier molecular flexibility index (Phi) is 3.94. The van der Waals surface area contributed by atoms with Crippen LogP contribution in [0.1, 0.15) is 27.7 Å². The molecule has 0 rings (SSSR count). The van der Waals surface area contributed by atoms with E-state index in [9.17, 15) is 0 Å². The smallest absolute Gasteiger partial charge is 0.0267 e. The van der Waals surface area contributed by atoms with E-state index < -0.39 is 0 Å². The first-order valence-electron chi connectivity index (χ1n) is 4.08. The molecule has 0 aliphatic rings. The van der Waals surface area contributed by atoms with Gasteiger partial charge in [0.15, 0.2) is 0 Å². The van der Waals surface area contributed by atoms with Gasteiger partial charge in [0.1, 0.15) is 0 Å². The van der Waals surface area contributed by atoms with E-state index in [4.69, 9.17) is 5.73 Å². The molecule has 0 aliphatic carbocycles. The summed E-state index contributed by atoms with van der Waals surface area (Å²) in [5, 5.41) is 0. The highest BCUT2D eigenvalue weighted by atomic mass is 14.6. The van der Waals surface area contributed by atoms with Crippen LogP contribution in [0, 0.1) is 11.8 Å². The van der Waals surface area contributed by atoms with E-state index in [1.807, 2.05) is 6.92 Å². The van der Waals surface area contributed by atoms with Gasteiger partial charge in [-0.05, 0) is 24.3 Å². The third kappa shape index (κ3) is 3.87. The van der Waals surface area contributed by atoms with Gasteiger partial charge in [-0.15, -0.1) is 0 Å². The first-order valence-corrected chi connectivity index (χ1v) is 4.08. The summed E-state index contributed by atoms with van der Waals surface area (Å²) in [6.45, 7) is 12.3. The van der Waals surface area contributed by atoms with Crippen molar-refractivity contribution in [3.8, 4) is 0 Å². The second kappa shape index (κ2) is 4.22. The average Bonchev–Trinajstić information content (AvgIpc) is 1.87. The van der Waals surface area contributed by atoms with Crippen molar-refractivity contribution >= 4 is 0 Å². The molecule has 1 unspecified atom stereocenters. The number of hydrogen-bond acceptors (Lipinski definition) is 1. The summed E-state index contributed by atoms with van der Waals surface area (Å²) >= 11 is 0. The van der Waals surface area contributed by atoms with Gasteiger partial charge in [0, 0.05) is 5.70 Å². The van der Waals surface area contributed by atoms with Gasteiger partial charge in [0.2, 0.25) is 0 Å². The quantitative estimate of drug-likeness (QED) is 0.620. The Morgan fingerprint density at radius 1 is 1.36 bits per heavy atom. The molecule has 64 valence electrons. The van der Waals surface area contributed by atoms with Crippen LogP contribution in [0.2, 0.25) is 0 Å². The topological polar surface area (TPSA) is 26.0 Å². The van der Waals surface area contributed by atoms with Crippen molar-refractivity contribution in [2.75, 3.05) is 0 Å². The standard InChI is InChI=1S/C10H19N/c1-7(2)8(3)6-9(4)10(5)11/h6-8H,5,11H2,1-4H3/b9-6-. The van der Waals surface area contributed by atoms with Gasteiger partial charge in [0.05, 0.1) is 0 Å². The summed E-state index contributed by atoms with van der Waals surface area (Å²) in [4.78, 5) is 0. The molecule has 0 bridgehead atoms. The Bertz CT molecular complexity index is 166. The first-order chi connectivity index (χ1) is 4.95. The number of nitrogens with two attached hydrogens (primary N) is 1. The largest absolute Gasteiger partial charge is 0.399 e. The summed E-state index contributed by atoms with van der Waals surface area (Å²) in [6.07, 6.45) is 2.17. The molecule has 0 radical (unpaired) electrons. The van der Waals surface area contributed by atoms with Crippen molar-refractivity contribution in [3.63, 3.8) is 0 Å². The third-order valence-electron chi connectivity index (χ3n) is 2.07. The maximum Gasteiger partial charge on any atom is 0.0267 e. The zero-order chi connectivity index (χ0) is 9.02. The van der Waals surface area contributed by atoms with Gasteiger partial charge >= 0.3 is 0 Å². The van der Waals surface area contributed by atoms with Gasteiger partial charge in [0.25, 0.3) is 0 Å². The van der Waals surface area contributed by atoms with E-state index in [2.05, 4.69) is 33.4 Å². The normalized spacial score (nSPS) is 15.2. The Balaban J connectivity index is 4.19. The molecule has 1 nitrogen and oxygen atoms in total. The van der Waals surface area contributed by atoms with E-state index in [-0.39, 0.29) is 0 Å². The molecule has 2 N–H and O–H groups in total. The van der Waals surface area contributed by atoms with Gasteiger partial charge < -0.3 is 5.73 Å². The van der Waals surface area contributed by atoms with Gasteiger partial charge in [-0.2, -0.15) is 0 Å². The van der Waals surface area contributed by atoms with E-state index in [0.717, 1.165) is 5.57 Å². The number of hydrogen-bond donors (Lipinski definition) is 1. The van der Waals surface area contributed by atoms with E-state index in [1.165, 1.54) is 0 Å². The fraction of sp³-hybridized carbons (Fsp3) is 0.600. The molecule has 11 heavy (non-hydrogen) atoms. The minimum atomic E-state index is 0.579. The lowest BCUT2D eigenvalue weighted by atomic mass is 9.95. The lowest BCUT2D eigenvalue weighted by molar-refractivity contribution is 0.502. The van der Waals surface area contributed by atoms with Crippen LogP contribution in [0.5, 0.6) is 0 Å². The van der Waals surface area contributed by atoms with Crippen molar-refractivity contribution < 1.29 is 0 Å². The Labute approximate surface area is 70.0 Å². The third-order valence-corrected chi connectivity index (χ3v) is 2.07. The van der Waals surface area contributed by atoms with Crippen LogP contribution < -0.4 is 5.73 Å². The van der Waals surface area contributed by atoms with Crippen LogP contribution >= 0.6 is 0 Å². The van der Waals surface area contributed by atoms with E-state index >= 15 is 0 Å². The summed E-state index contributed by atoms with van der Waals surface area (Å²) in [5.74, 6) is 1.25. The second-order valence-electron chi connectivity index (χ2n) is 3.48. The Morgan fingerprint density at radius 2 is 1.82 bits per heavy atom. The molecule has 0 fully saturated rings. The lowest BCUT2D eigenvalue weighted by Crippen LogP contribution is -2.03.